The number of nitrogens with zero attached hydrogens (tertiary/aromatic N) is 1. The molecule has 1 heterocycles. The minimum absolute atomic E-state index is 0.389. The average Bonchev–Trinajstić information content (AvgIpc) is 3.22. The number of carbonyl (C=O) groups is 3. The number of anilines is 1. The smallest absolute Gasteiger partial charge is 0.325 e. The number of carbonyl (C=O) groups excluding carboxylic acids is 3. The monoisotopic (exact) mass is 381 g/mol. The summed E-state index contributed by atoms with van der Waals surface area (Å²) in [6.07, 6.45) is 3.08. The van der Waals surface area contributed by atoms with Gasteiger partial charge in [-0.3, -0.25) is 14.5 Å². The fraction of sp³-hybridized carbons (Fsp3) is 0.286. The number of imide groups is 1. The van der Waals surface area contributed by atoms with Gasteiger partial charge in [-0.1, -0.05) is 18.2 Å². The van der Waals surface area contributed by atoms with Crippen LogP contribution in [0.1, 0.15) is 30.0 Å². The summed E-state index contributed by atoms with van der Waals surface area (Å²) < 4.78 is 13.0. The van der Waals surface area contributed by atoms with Crippen molar-refractivity contribution in [3.05, 3.63) is 65.0 Å². The number of hydrogen-bond donors (Lipinski definition) is 2. The SMILES string of the molecule is C[C@]1(c2ccc3c(c2)CCC3)NC(=O)N(CC(=O)Nc2ccc(F)cc2)C1=O. The van der Waals surface area contributed by atoms with Crippen LogP contribution in [0, 0.1) is 5.82 Å². The molecule has 2 N–H and O–H groups in total. The molecule has 1 atom stereocenters. The Balaban J connectivity index is 1.50. The highest BCUT2D eigenvalue weighted by Crippen LogP contribution is 2.32. The highest BCUT2D eigenvalue weighted by molar-refractivity contribution is 6.10. The first-order valence-corrected chi connectivity index (χ1v) is 9.18. The normalized spacial score (nSPS) is 20.9. The largest absolute Gasteiger partial charge is 0.325 e. The zero-order valence-electron chi connectivity index (χ0n) is 15.4. The van der Waals surface area contributed by atoms with Crippen LogP contribution >= 0.6 is 0 Å². The molecule has 0 aromatic heterocycles. The topological polar surface area (TPSA) is 78.5 Å². The van der Waals surface area contributed by atoms with Crippen molar-refractivity contribution >= 4 is 23.5 Å². The van der Waals surface area contributed by atoms with E-state index in [1.54, 1.807) is 6.92 Å². The van der Waals surface area contributed by atoms with Crippen molar-refractivity contribution in [2.45, 2.75) is 31.7 Å². The van der Waals surface area contributed by atoms with Crippen LogP contribution in [0.5, 0.6) is 0 Å². The Morgan fingerprint density at radius 3 is 2.61 bits per heavy atom. The highest BCUT2D eigenvalue weighted by Gasteiger charge is 2.49. The Morgan fingerprint density at radius 2 is 1.86 bits per heavy atom. The molecule has 28 heavy (non-hydrogen) atoms. The molecule has 4 rings (SSSR count). The maximum absolute atomic E-state index is 13.0. The summed E-state index contributed by atoms with van der Waals surface area (Å²) >= 11 is 0. The Labute approximate surface area is 161 Å². The molecular formula is C21H20FN3O3. The van der Waals surface area contributed by atoms with Gasteiger partial charge in [-0.2, -0.15) is 0 Å². The molecule has 2 aromatic carbocycles. The summed E-state index contributed by atoms with van der Waals surface area (Å²) in [6.45, 7) is 1.24. The molecule has 1 aliphatic heterocycles. The summed E-state index contributed by atoms with van der Waals surface area (Å²) in [4.78, 5) is 38.6. The average molecular weight is 381 g/mol. The maximum atomic E-state index is 13.0. The van der Waals surface area contributed by atoms with Crippen molar-refractivity contribution in [3.8, 4) is 0 Å². The Bertz CT molecular complexity index is 973. The summed E-state index contributed by atoms with van der Waals surface area (Å²) in [7, 11) is 0. The molecular weight excluding hydrogens is 361 g/mol. The number of amides is 4. The number of hydrogen-bond acceptors (Lipinski definition) is 3. The van der Waals surface area contributed by atoms with Crippen molar-refractivity contribution in [1.82, 2.24) is 10.2 Å². The molecule has 1 saturated heterocycles. The molecule has 7 heteroatoms. The van der Waals surface area contributed by atoms with Gasteiger partial charge in [-0.25, -0.2) is 9.18 Å². The highest BCUT2D eigenvalue weighted by atomic mass is 19.1. The van der Waals surface area contributed by atoms with Gasteiger partial charge < -0.3 is 10.6 Å². The lowest BCUT2D eigenvalue weighted by molar-refractivity contribution is -0.133. The number of rotatable bonds is 4. The Hall–Kier alpha value is -3.22. The molecule has 2 aliphatic rings. The summed E-state index contributed by atoms with van der Waals surface area (Å²) in [6, 6.07) is 10.5. The van der Waals surface area contributed by atoms with Crippen LogP contribution in [-0.2, 0) is 28.0 Å². The van der Waals surface area contributed by atoms with Crippen LogP contribution in [0.3, 0.4) is 0 Å². The zero-order chi connectivity index (χ0) is 19.9. The molecule has 2 aromatic rings. The van der Waals surface area contributed by atoms with Gasteiger partial charge in [-0.05, 0) is 67.1 Å². The van der Waals surface area contributed by atoms with E-state index in [2.05, 4.69) is 10.6 Å². The molecule has 0 saturated carbocycles. The van der Waals surface area contributed by atoms with Crippen molar-refractivity contribution in [1.29, 1.82) is 0 Å². The number of nitrogens with one attached hydrogen (secondary N) is 2. The standard InChI is InChI=1S/C21H20FN3O3/c1-21(15-6-5-13-3-2-4-14(13)11-15)19(27)25(20(28)24-21)12-18(26)23-17-9-7-16(22)8-10-17/h5-11H,2-4,12H2,1H3,(H,23,26)(H,24,28)/t21-/m1/s1. The van der Waals surface area contributed by atoms with E-state index in [-0.39, 0.29) is 0 Å². The van der Waals surface area contributed by atoms with E-state index >= 15 is 0 Å². The predicted molar refractivity (Wildman–Crippen MR) is 101 cm³/mol. The van der Waals surface area contributed by atoms with Gasteiger partial charge in [0.05, 0.1) is 0 Å². The molecule has 1 fully saturated rings. The van der Waals surface area contributed by atoms with E-state index < -0.39 is 35.7 Å². The van der Waals surface area contributed by atoms with Crippen LogP contribution in [0.15, 0.2) is 42.5 Å². The number of urea groups is 1. The van der Waals surface area contributed by atoms with Crippen molar-refractivity contribution in [2.75, 3.05) is 11.9 Å². The number of halogens is 1. The Morgan fingerprint density at radius 1 is 1.14 bits per heavy atom. The molecule has 0 radical (unpaired) electrons. The summed E-state index contributed by atoms with van der Waals surface area (Å²) in [5.41, 5.74) is 2.38. The third kappa shape index (κ3) is 3.13. The maximum Gasteiger partial charge on any atom is 0.325 e. The van der Waals surface area contributed by atoms with Crippen molar-refractivity contribution in [2.24, 2.45) is 0 Å². The second kappa shape index (κ2) is 6.74. The summed E-state index contributed by atoms with van der Waals surface area (Å²) in [5, 5.41) is 5.28. The lowest BCUT2D eigenvalue weighted by atomic mass is 9.89. The van der Waals surface area contributed by atoms with Crippen LogP contribution in [-0.4, -0.2) is 29.3 Å². The second-order valence-electron chi connectivity index (χ2n) is 7.34. The predicted octanol–water partition coefficient (Wildman–Crippen LogP) is 2.72. The lowest BCUT2D eigenvalue weighted by Crippen LogP contribution is -2.42. The summed E-state index contributed by atoms with van der Waals surface area (Å²) in [5.74, 6) is -1.42. The van der Waals surface area contributed by atoms with E-state index in [1.807, 2.05) is 18.2 Å². The van der Waals surface area contributed by atoms with Gasteiger partial charge in [-0.15, -0.1) is 0 Å². The van der Waals surface area contributed by atoms with Gasteiger partial charge in [0.25, 0.3) is 5.91 Å². The van der Waals surface area contributed by atoms with Crippen LogP contribution in [0.2, 0.25) is 0 Å². The van der Waals surface area contributed by atoms with Crippen LogP contribution in [0.25, 0.3) is 0 Å². The molecule has 0 spiro atoms. The van der Waals surface area contributed by atoms with E-state index in [0.717, 1.165) is 24.2 Å². The molecule has 4 amide bonds. The molecule has 0 unspecified atom stereocenters. The minimum Gasteiger partial charge on any atom is -0.325 e. The molecule has 1 aliphatic carbocycles. The van der Waals surface area contributed by atoms with Gasteiger partial charge >= 0.3 is 6.03 Å². The molecule has 6 nitrogen and oxygen atoms in total. The van der Waals surface area contributed by atoms with Crippen molar-refractivity contribution in [3.63, 3.8) is 0 Å². The molecule has 0 bridgehead atoms. The van der Waals surface area contributed by atoms with E-state index in [9.17, 15) is 18.8 Å². The minimum atomic E-state index is -1.20. The van der Waals surface area contributed by atoms with Gasteiger partial charge in [0.1, 0.15) is 17.9 Å². The van der Waals surface area contributed by atoms with E-state index in [4.69, 9.17) is 0 Å². The van der Waals surface area contributed by atoms with Gasteiger partial charge in [0.2, 0.25) is 5.91 Å². The number of aryl methyl sites for hydroxylation is 2. The van der Waals surface area contributed by atoms with Gasteiger partial charge in [0, 0.05) is 5.69 Å². The first kappa shape index (κ1) is 18.2. The third-order valence-electron chi connectivity index (χ3n) is 5.38. The third-order valence-corrected chi connectivity index (χ3v) is 5.38. The first-order chi connectivity index (χ1) is 13.4. The Kier molecular flexibility index (Phi) is 4.37. The number of benzene rings is 2. The quantitative estimate of drug-likeness (QED) is 0.800. The fourth-order valence-electron chi connectivity index (χ4n) is 3.80. The van der Waals surface area contributed by atoms with Crippen LogP contribution < -0.4 is 10.6 Å². The fourth-order valence-corrected chi connectivity index (χ4v) is 3.80. The molecule has 144 valence electrons. The van der Waals surface area contributed by atoms with Crippen molar-refractivity contribution < 1.29 is 18.8 Å². The first-order valence-electron chi connectivity index (χ1n) is 9.18. The van der Waals surface area contributed by atoms with Gasteiger partial charge in [0.15, 0.2) is 0 Å². The number of fused-ring (bicyclic) bond motifs is 1. The van der Waals surface area contributed by atoms with E-state index in [0.29, 0.717) is 11.3 Å². The van der Waals surface area contributed by atoms with E-state index in [1.165, 1.54) is 35.4 Å². The van der Waals surface area contributed by atoms with Crippen LogP contribution in [0.4, 0.5) is 14.9 Å². The zero-order valence-corrected chi connectivity index (χ0v) is 15.4. The second-order valence-corrected chi connectivity index (χ2v) is 7.34. The lowest BCUT2D eigenvalue weighted by Gasteiger charge is -2.23.